The molecular formula is C22H26ClFO5S. The molecule has 0 heterocycles. The SMILES string of the molecule is CC(C)CS(=O)(=O)c1ccc(F)c(-c2cc(Cl)ccc2OCC(=O)OC(C)(C)C)c1. The Kier molecular flexibility index (Phi) is 7.53. The Bertz CT molecular complexity index is 1030. The minimum absolute atomic E-state index is 0.00525. The first-order valence-corrected chi connectivity index (χ1v) is 11.5. The molecule has 30 heavy (non-hydrogen) atoms. The van der Waals surface area contributed by atoms with Crippen LogP contribution < -0.4 is 4.74 Å². The predicted octanol–water partition coefficient (Wildman–Crippen LogP) is 5.30. The fourth-order valence-electron chi connectivity index (χ4n) is 2.79. The van der Waals surface area contributed by atoms with Crippen LogP contribution in [0.25, 0.3) is 11.1 Å². The van der Waals surface area contributed by atoms with Gasteiger partial charge in [-0.25, -0.2) is 17.6 Å². The highest BCUT2D eigenvalue weighted by Crippen LogP contribution is 2.36. The van der Waals surface area contributed by atoms with Gasteiger partial charge in [0.25, 0.3) is 0 Å². The van der Waals surface area contributed by atoms with Crippen molar-refractivity contribution >= 4 is 27.4 Å². The molecule has 0 aromatic heterocycles. The number of halogens is 2. The van der Waals surface area contributed by atoms with Crippen molar-refractivity contribution in [1.29, 1.82) is 0 Å². The Morgan fingerprint density at radius 1 is 1.10 bits per heavy atom. The topological polar surface area (TPSA) is 69.7 Å². The zero-order chi connectivity index (χ0) is 22.7. The minimum atomic E-state index is -3.59. The number of ether oxygens (including phenoxy) is 2. The minimum Gasteiger partial charge on any atom is -0.481 e. The number of benzene rings is 2. The molecule has 0 saturated heterocycles. The van der Waals surface area contributed by atoms with Crippen molar-refractivity contribution in [2.24, 2.45) is 5.92 Å². The molecule has 5 nitrogen and oxygen atoms in total. The van der Waals surface area contributed by atoms with Crippen molar-refractivity contribution in [2.45, 2.75) is 45.1 Å². The van der Waals surface area contributed by atoms with Crippen molar-refractivity contribution in [1.82, 2.24) is 0 Å². The molecule has 0 amide bonds. The van der Waals surface area contributed by atoms with Crippen LogP contribution in [0.4, 0.5) is 4.39 Å². The lowest BCUT2D eigenvalue weighted by Crippen LogP contribution is -2.27. The summed E-state index contributed by atoms with van der Waals surface area (Å²) in [7, 11) is -3.59. The van der Waals surface area contributed by atoms with Gasteiger partial charge in [0.2, 0.25) is 0 Å². The Morgan fingerprint density at radius 3 is 2.37 bits per heavy atom. The standard InChI is InChI=1S/C22H26ClFO5S/c1-14(2)13-30(26,27)16-7-8-19(24)17(11-16)18-10-15(23)6-9-20(18)28-12-21(25)29-22(3,4)5/h6-11,14H,12-13H2,1-5H3. The van der Waals surface area contributed by atoms with Crippen LogP contribution in [0.1, 0.15) is 34.6 Å². The molecule has 2 rings (SSSR count). The van der Waals surface area contributed by atoms with E-state index in [4.69, 9.17) is 21.1 Å². The van der Waals surface area contributed by atoms with Gasteiger partial charge in [-0.05, 0) is 63.1 Å². The number of carbonyl (C=O) groups excluding carboxylic acids is 1. The van der Waals surface area contributed by atoms with Crippen molar-refractivity contribution in [3.63, 3.8) is 0 Å². The zero-order valence-electron chi connectivity index (χ0n) is 17.7. The van der Waals surface area contributed by atoms with Crippen LogP contribution >= 0.6 is 11.6 Å². The third-order valence-corrected chi connectivity index (χ3v) is 6.16. The lowest BCUT2D eigenvalue weighted by Gasteiger charge is -2.20. The van der Waals surface area contributed by atoms with Gasteiger partial charge in [-0.3, -0.25) is 0 Å². The molecule has 0 fully saturated rings. The third kappa shape index (κ3) is 6.71. The van der Waals surface area contributed by atoms with Crippen LogP contribution in [-0.4, -0.2) is 32.3 Å². The van der Waals surface area contributed by atoms with Gasteiger partial charge in [0.15, 0.2) is 16.4 Å². The van der Waals surface area contributed by atoms with E-state index in [0.717, 1.165) is 6.07 Å². The molecule has 0 spiro atoms. The molecule has 2 aromatic carbocycles. The first-order chi connectivity index (χ1) is 13.8. The Labute approximate surface area is 182 Å². The molecule has 0 aliphatic carbocycles. The molecule has 0 bridgehead atoms. The maximum absolute atomic E-state index is 14.7. The van der Waals surface area contributed by atoms with Crippen LogP contribution in [0.15, 0.2) is 41.3 Å². The number of hydrogen-bond acceptors (Lipinski definition) is 5. The number of carbonyl (C=O) groups is 1. The third-order valence-electron chi connectivity index (χ3n) is 3.85. The number of esters is 1. The lowest BCUT2D eigenvalue weighted by molar-refractivity contribution is -0.157. The van der Waals surface area contributed by atoms with E-state index < -0.39 is 33.8 Å². The Morgan fingerprint density at radius 2 is 1.77 bits per heavy atom. The predicted molar refractivity (Wildman–Crippen MR) is 115 cm³/mol. The van der Waals surface area contributed by atoms with Crippen LogP contribution in [0.5, 0.6) is 5.75 Å². The van der Waals surface area contributed by atoms with Gasteiger partial charge in [-0.15, -0.1) is 0 Å². The van der Waals surface area contributed by atoms with E-state index in [1.54, 1.807) is 34.6 Å². The van der Waals surface area contributed by atoms with Gasteiger partial charge in [0.1, 0.15) is 17.2 Å². The van der Waals surface area contributed by atoms with Gasteiger partial charge in [-0.1, -0.05) is 25.4 Å². The van der Waals surface area contributed by atoms with E-state index in [1.165, 1.54) is 30.3 Å². The molecule has 0 aliphatic rings. The lowest BCUT2D eigenvalue weighted by atomic mass is 10.0. The first kappa shape index (κ1) is 24.2. The van der Waals surface area contributed by atoms with Crippen molar-refractivity contribution in [3.8, 4) is 16.9 Å². The highest BCUT2D eigenvalue weighted by Gasteiger charge is 2.21. The zero-order valence-corrected chi connectivity index (χ0v) is 19.2. The monoisotopic (exact) mass is 456 g/mol. The second-order valence-corrected chi connectivity index (χ2v) is 10.8. The van der Waals surface area contributed by atoms with Gasteiger partial charge in [0, 0.05) is 16.1 Å². The summed E-state index contributed by atoms with van der Waals surface area (Å²) in [6.45, 7) is 8.40. The smallest absolute Gasteiger partial charge is 0.344 e. The highest BCUT2D eigenvalue weighted by atomic mass is 35.5. The van der Waals surface area contributed by atoms with Crippen molar-refractivity contribution < 1.29 is 27.1 Å². The normalized spacial score (nSPS) is 12.1. The molecule has 0 N–H and O–H groups in total. The highest BCUT2D eigenvalue weighted by molar-refractivity contribution is 7.91. The Hall–Kier alpha value is -2.12. The largest absolute Gasteiger partial charge is 0.481 e. The maximum Gasteiger partial charge on any atom is 0.344 e. The number of hydrogen-bond donors (Lipinski definition) is 0. The second kappa shape index (κ2) is 9.35. The molecule has 0 atom stereocenters. The summed E-state index contributed by atoms with van der Waals surface area (Å²) in [5.74, 6) is -1.18. The van der Waals surface area contributed by atoms with E-state index in [9.17, 15) is 17.6 Å². The van der Waals surface area contributed by atoms with Crippen LogP contribution in [-0.2, 0) is 19.4 Å². The number of rotatable bonds is 7. The van der Waals surface area contributed by atoms with Crippen molar-refractivity contribution in [3.05, 3.63) is 47.2 Å². The summed E-state index contributed by atoms with van der Waals surface area (Å²) in [6, 6.07) is 8.09. The van der Waals surface area contributed by atoms with Gasteiger partial charge in [-0.2, -0.15) is 0 Å². The molecule has 2 aromatic rings. The van der Waals surface area contributed by atoms with E-state index >= 15 is 0 Å². The van der Waals surface area contributed by atoms with E-state index in [-0.39, 0.29) is 33.4 Å². The van der Waals surface area contributed by atoms with Crippen LogP contribution in [0, 0.1) is 11.7 Å². The van der Waals surface area contributed by atoms with Crippen molar-refractivity contribution in [2.75, 3.05) is 12.4 Å². The summed E-state index contributed by atoms with van der Waals surface area (Å²) in [6.07, 6.45) is 0. The summed E-state index contributed by atoms with van der Waals surface area (Å²) >= 11 is 6.08. The fourth-order valence-corrected chi connectivity index (χ4v) is 4.60. The molecule has 0 radical (unpaired) electrons. The van der Waals surface area contributed by atoms with E-state index in [1.807, 2.05) is 0 Å². The molecule has 0 aliphatic heterocycles. The second-order valence-electron chi connectivity index (χ2n) is 8.33. The average Bonchev–Trinajstić information content (AvgIpc) is 2.58. The summed E-state index contributed by atoms with van der Waals surface area (Å²) < 4.78 is 50.6. The average molecular weight is 457 g/mol. The van der Waals surface area contributed by atoms with Gasteiger partial charge in [0.05, 0.1) is 10.6 Å². The van der Waals surface area contributed by atoms with Gasteiger partial charge >= 0.3 is 5.97 Å². The van der Waals surface area contributed by atoms with Crippen LogP contribution in [0.3, 0.4) is 0 Å². The molecule has 164 valence electrons. The summed E-state index contributed by atoms with van der Waals surface area (Å²) in [4.78, 5) is 12.0. The molecule has 8 heteroatoms. The fraction of sp³-hybridized carbons (Fsp3) is 0.409. The quantitative estimate of drug-likeness (QED) is 0.418. The van der Waals surface area contributed by atoms with Crippen LogP contribution in [0.2, 0.25) is 5.02 Å². The molecule has 0 unspecified atom stereocenters. The Balaban J connectivity index is 2.43. The van der Waals surface area contributed by atoms with E-state index in [2.05, 4.69) is 0 Å². The van der Waals surface area contributed by atoms with E-state index in [0.29, 0.717) is 5.02 Å². The number of sulfone groups is 1. The first-order valence-electron chi connectivity index (χ1n) is 9.45. The molecular weight excluding hydrogens is 431 g/mol. The van der Waals surface area contributed by atoms with Gasteiger partial charge < -0.3 is 9.47 Å². The molecule has 0 saturated carbocycles. The summed E-state index contributed by atoms with van der Waals surface area (Å²) in [5, 5.41) is 0.310. The maximum atomic E-state index is 14.7. The summed E-state index contributed by atoms with van der Waals surface area (Å²) in [5.41, 5.74) is -0.416.